The number of rotatable bonds is 8. The van der Waals surface area contributed by atoms with E-state index in [1.807, 2.05) is 72.8 Å². The van der Waals surface area contributed by atoms with Crippen LogP contribution in [0.15, 0.2) is 84.9 Å². The number of para-hydroxylation sites is 2. The number of nitrogens with one attached hydrogen (secondary N) is 2. The zero-order valence-electron chi connectivity index (χ0n) is 22.7. The highest BCUT2D eigenvalue weighted by Gasteiger charge is 2.75. The molecule has 0 saturated carbocycles. The molecule has 0 radical (unpaired) electrons. The van der Waals surface area contributed by atoms with Crippen LogP contribution in [0, 0.1) is 11.8 Å². The number of aromatic nitrogens is 3. The van der Waals surface area contributed by atoms with Gasteiger partial charge in [0.1, 0.15) is 23.8 Å². The van der Waals surface area contributed by atoms with Crippen molar-refractivity contribution in [2.75, 3.05) is 11.9 Å². The smallest absolute Gasteiger partial charge is 0.247 e. The van der Waals surface area contributed by atoms with Gasteiger partial charge in [0.2, 0.25) is 17.7 Å². The van der Waals surface area contributed by atoms with E-state index in [1.165, 1.54) is 4.90 Å². The molecule has 2 bridgehead atoms. The number of benzene rings is 3. The molecule has 1 aromatic heterocycles. The maximum atomic E-state index is 14.4. The minimum atomic E-state index is -1.21. The van der Waals surface area contributed by atoms with Gasteiger partial charge >= 0.3 is 0 Å². The molecule has 7 rings (SSSR count). The van der Waals surface area contributed by atoms with E-state index in [9.17, 15) is 19.5 Å². The van der Waals surface area contributed by atoms with Gasteiger partial charge < -0.3 is 25.4 Å². The number of carbonyl (C=O) groups is 3. The fourth-order valence-electron chi connectivity index (χ4n) is 7.09. The van der Waals surface area contributed by atoms with E-state index in [0.29, 0.717) is 29.6 Å². The topological polar surface area (TPSA) is 139 Å². The second kappa shape index (κ2) is 10.3. The standard InChI is InChI=1S/C31H30N6O5/c38-17-23(19-9-3-1-4-10-19)37-27(29(40)32-18-36-22-14-8-7-13-21(22)34-35-36)31-16-15-24(42-31)25(26(31)30(37)41)28(39)33-20-11-5-2-6-12-20/h1-14,23-27,38H,15-18H2,(H,32,40)(H,33,39)/t23-,24-,25+,26+,27?,31?/m1/s1. The van der Waals surface area contributed by atoms with Crippen LogP contribution in [0.25, 0.3) is 11.0 Å². The molecule has 2 unspecified atom stereocenters. The van der Waals surface area contributed by atoms with Crippen molar-refractivity contribution in [3.8, 4) is 0 Å². The predicted octanol–water partition coefficient (Wildman–Crippen LogP) is 2.25. The van der Waals surface area contributed by atoms with Crippen LogP contribution in [-0.2, 0) is 25.8 Å². The molecule has 11 heteroatoms. The number of aliphatic hydroxyl groups is 1. The lowest BCUT2D eigenvalue weighted by molar-refractivity contribution is -0.145. The monoisotopic (exact) mass is 566 g/mol. The average Bonchev–Trinajstić information content (AvgIpc) is 3.77. The first kappa shape index (κ1) is 26.3. The van der Waals surface area contributed by atoms with Crippen molar-refractivity contribution < 1.29 is 24.2 Å². The molecule has 3 aromatic carbocycles. The summed E-state index contributed by atoms with van der Waals surface area (Å²) in [6.07, 6.45) is 0.484. The van der Waals surface area contributed by atoms with Gasteiger partial charge in [-0.15, -0.1) is 5.10 Å². The zero-order valence-corrected chi connectivity index (χ0v) is 22.7. The molecule has 3 amide bonds. The number of amides is 3. The van der Waals surface area contributed by atoms with Crippen molar-refractivity contribution in [2.24, 2.45) is 11.8 Å². The molecule has 3 aliphatic rings. The Morgan fingerprint density at radius 2 is 1.71 bits per heavy atom. The molecular formula is C31H30N6O5. The van der Waals surface area contributed by atoms with E-state index in [0.717, 1.165) is 5.52 Å². The van der Waals surface area contributed by atoms with Crippen LogP contribution in [-0.4, -0.2) is 67.1 Å². The summed E-state index contributed by atoms with van der Waals surface area (Å²) in [6.45, 7) is -0.380. The van der Waals surface area contributed by atoms with Crippen LogP contribution in [0.3, 0.4) is 0 Å². The quantitative estimate of drug-likeness (QED) is 0.297. The number of ether oxygens (including phenoxy) is 1. The second-order valence-electron chi connectivity index (χ2n) is 11.0. The van der Waals surface area contributed by atoms with Crippen LogP contribution in [0.5, 0.6) is 0 Å². The van der Waals surface area contributed by atoms with Crippen molar-refractivity contribution >= 4 is 34.4 Å². The molecule has 11 nitrogen and oxygen atoms in total. The Morgan fingerprint density at radius 3 is 2.48 bits per heavy atom. The lowest BCUT2D eigenvalue weighted by Gasteiger charge is -2.36. The Bertz CT molecular complexity index is 1650. The fraction of sp³-hybridized carbons (Fsp3) is 0.323. The number of likely N-dealkylation sites (tertiary alicyclic amines) is 1. The van der Waals surface area contributed by atoms with E-state index in [4.69, 9.17) is 4.74 Å². The first-order chi connectivity index (χ1) is 20.5. The van der Waals surface area contributed by atoms with Gasteiger partial charge in [0.15, 0.2) is 0 Å². The van der Waals surface area contributed by atoms with Gasteiger partial charge in [-0.3, -0.25) is 14.4 Å². The average molecular weight is 567 g/mol. The molecule has 0 aliphatic carbocycles. The molecular weight excluding hydrogens is 536 g/mol. The van der Waals surface area contributed by atoms with Crippen LogP contribution in [0.2, 0.25) is 0 Å². The maximum Gasteiger partial charge on any atom is 0.247 e. The molecule has 1 spiro atoms. The first-order valence-corrected chi connectivity index (χ1v) is 14.1. The highest BCUT2D eigenvalue weighted by atomic mass is 16.5. The summed E-state index contributed by atoms with van der Waals surface area (Å²) < 4.78 is 8.10. The lowest BCUT2D eigenvalue weighted by atomic mass is 9.70. The summed E-state index contributed by atoms with van der Waals surface area (Å²) in [5.74, 6) is -2.78. The first-order valence-electron chi connectivity index (χ1n) is 14.1. The summed E-state index contributed by atoms with van der Waals surface area (Å²) in [5.41, 5.74) is 1.54. The summed E-state index contributed by atoms with van der Waals surface area (Å²) in [7, 11) is 0. The largest absolute Gasteiger partial charge is 0.394 e. The lowest BCUT2D eigenvalue weighted by Crippen LogP contribution is -2.56. The van der Waals surface area contributed by atoms with Crippen molar-refractivity contribution in [3.05, 3.63) is 90.5 Å². The molecule has 42 heavy (non-hydrogen) atoms. The van der Waals surface area contributed by atoms with Crippen LogP contribution < -0.4 is 10.6 Å². The van der Waals surface area contributed by atoms with Gasteiger partial charge in [-0.2, -0.15) is 0 Å². The van der Waals surface area contributed by atoms with Gasteiger partial charge in [0, 0.05) is 5.69 Å². The number of anilines is 1. The van der Waals surface area contributed by atoms with Gasteiger partial charge in [0.25, 0.3) is 0 Å². The van der Waals surface area contributed by atoms with Crippen LogP contribution in [0.4, 0.5) is 5.69 Å². The van der Waals surface area contributed by atoms with E-state index in [-0.39, 0.29) is 18.5 Å². The Labute approximate surface area is 241 Å². The molecule has 214 valence electrons. The third kappa shape index (κ3) is 4.07. The van der Waals surface area contributed by atoms with E-state index < -0.39 is 48.1 Å². The van der Waals surface area contributed by atoms with E-state index in [2.05, 4.69) is 20.9 Å². The minimum absolute atomic E-state index is 0.0229. The van der Waals surface area contributed by atoms with Crippen molar-refractivity contribution in [2.45, 2.75) is 43.3 Å². The predicted molar refractivity (Wildman–Crippen MR) is 151 cm³/mol. The maximum absolute atomic E-state index is 14.4. The zero-order chi connectivity index (χ0) is 28.8. The summed E-state index contributed by atoms with van der Waals surface area (Å²) in [5, 5.41) is 24.8. The molecule has 4 aromatic rings. The van der Waals surface area contributed by atoms with Gasteiger partial charge in [-0.25, -0.2) is 4.68 Å². The van der Waals surface area contributed by atoms with Gasteiger partial charge in [-0.05, 0) is 42.7 Å². The molecule has 4 heterocycles. The van der Waals surface area contributed by atoms with Crippen LogP contribution in [0.1, 0.15) is 24.4 Å². The molecule has 3 saturated heterocycles. The number of aliphatic hydroxyl groups excluding tert-OH is 1. The third-order valence-electron chi connectivity index (χ3n) is 8.85. The number of hydrogen-bond acceptors (Lipinski definition) is 7. The summed E-state index contributed by atoms with van der Waals surface area (Å²) in [4.78, 5) is 43.6. The fourth-order valence-corrected chi connectivity index (χ4v) is 7.09. The van der Waals surface area contributed by atoms with Crippen molar-refractivity contribution in [3.63, 3.8) is 0 Å². The SMILES string of the molecule is O=C(NCn1nnc2ccccc21)C1N([C@H](CO)c2ccccc2)C(=O)[C@@H]2[C@@H](C(=O)Nc3ccccc3)[C@H]3CCC12O3. The van der Waals surface area contributed by atoms with E-state index in [1.54, 1.807) is 16.8 Å². The van der Waals surface area contributed by atoms with Gasteiger partial charge in [-0.1, -0.05) is 65.9 Å². The number of hydrogen-bond donors (Lipinski definition) is 3. The molecule has 3 N–H and O–H groups in total. The highest BCUT2D eigenvalue weighted by Crippen LogP contribution is 2.59. The molecule has 3 aliphatic heterocycles. The minimum Gasteiger partial charge on any atom is -0.394 e. The summed E-state index contributed by atoms with van der Waals surface area (Å²) in [6, 6.07) is 23.7. The molecule has 3 fully saturated rings. The Hall–Kier alpha value is -4.61. The van der Waals surface area contributed by atoms with Crippen molar-refractivity contribution in [1.82, 2.24) is 25.2 Å². The molecule has 6 atom stereocenters. The third-order valence-corrected chi connectivity index (χ3v) is 8.85. The number of fused-ring (bicyclic) bond motifs is 2. The second-order valence-corrected chi connectivity index (χ2v) is 11.0. The van der Waals surface area contributed by atoms with E-state index >= 15 is 0 Å². The normalized spacial score (nSPS) is 26.8. The summed E-state index contributed by atoms with van der Waals surface area (Å²) >= 11 is 0. The highest BCUT2D eigenvalue weighted by molar-refractivity contribution is 6.02. The Balaban J connectivity index is 1.24. The van der Waals surface area contributed by atoms with Gasteiger partial charge in [0.05, 0.1) is 36.1 Å². The Morgan fingerprint density at radius 1 is 1.00 bits per heavy atom. The van der Waals surface area contributed by atoms with Crippen LogP contribution >= 0.6 is 0 Å². The number of carbonyl (C=O) groups excluding carboxylic acids is 3. The Kier molecular flexibility index (Phi) is 6.47. The van der Waals surface area contributed by atoms with Crippen molar-refractivity contribution in [1.29, 1.82) is 0 Å². The number of nitrogens with zero attached hydrogens (tertiary/aromatic N) is 4.